The molecule has 0 bridgehead atoms. The number of amides is 1. The van der Waals surface area contributed by atoms with Crippen LogP contribution in [0.25, 0.3) is 11.3 Å². The SMILES string of the molecule is COc1cccc(CC2(C(=O)NCc3ccc(-c4ccccc4Cl)o3)CNC2)c1. The third-order valence-electron chi connectivity index (χ3n) is 5.31. The normalized spacial score (nSPS) is 14.8. The Bertz CT molecular complexity index is 1010. The molecule has 2 N–H and O–H groups in total. The number of carbonyl (C=O) groups is 1. The molecule has 1 aliphatic heterocycles. The highest BCUT2D eigenvalue weighted by Crippen LogP contribution is 2.31. The van der Waals surface area contributed by atoms with Gasteiger partial charge in [0.25, 0.3) is 0 Å². The summed E-state index contributed by atoms with van der Waals surface area (Å²) in [4.78, 5) is 13.0. The molecular formula is C23H23ClN2O3. The predicted octanol–water partition coefficient (Wildman–Crippen LogP) is 4.06. The van der Waals surface area contributed by atoms with Crippen LogP contribution in [-0.2, 0) is 17.8 Å². The van der Waals surface area contributed by atoms with E-state index in [2.05, 4.69) is 10.6 Å². The van der Waals surface area contributed by atoms with Crippen LogP contribution in [0.4, 0.5) is 0 Å². The molecular weight excluding hydrogens is 388 g/mol. The molecule has 5 nitrogen and oxygen atoms in total. The van der Waals surface area contributed by atoms with Crippen molar-refractivity contribution >= 4 is 17.5 Å². The summed E-state index contributed by atoms with van der Waals surface area (Å²) in [6.07, 6.45) is 0.659. The number of ether oxygens (including phenoxy) is 1. The Labute approximate surface area is 175 Å². The number of halogens is 1. The number of benzene rings is 2. The van der Waals surface area contributed by atoms with Gasteiger partial charge in [-0.3, -0.25) is 4.79 Å². The van der Waals surface area contributed by atoms with E-state index in [1.807, 2.05) is 60.7 Å². The minimum atomic E-state index is -0.454. The summed E-state index contributed by atoms with van der Waals surface area (Å²) < 4.78 is 11.2. The quantitative estimate of drug-likeness (QED) is 0.616. The smallest absolute Gasteiger partial charge is 0.229 e. The topological polar surface area (TPSA) is 63.5 Å². The van der Waals surface area contributed by atoms with Crippen LogP contribution in [0.2, 0.25) is 5.02 Å². The molecule has 2 heterocycles. The van der Waals surface area contributed by atoms with E-state index in [1.165, 1.54) is 0 Å². The molecule has 0 atom stereocenters. The maximum Gasteiger partial charge on any atom is 0.229 e. The van der Waals surface area contributed by atoms with E-state index in [1.54, 1.807) is 7.11 Å². The van der Waals surface area contributed by atoms with Crippen molar-refractivity contribution in [3.05, 3.63) is 77.0 Å². The van der Waals surface area contributed by atoms with Gasteiger partial charge in [0.2, 0.25) is 5.91 Å². The van der Waals surface area contributed by atoms with Crippen LogP contribution in [-0.4, -0.2) is 26.1 Å². The first-order valence-electron chi connectivity index (χ1n) is 9.55. The number of furan rings is 1. The van der Waals surface area contributed by atoms with Gasteiger partial charge in [0.1, 0.15) is 17.3 Å². The molecule has 2 aromatic carbocycles. The van der Waals surface area contributed by atoms with Gasteiger partial charge < -0.3 is 19.8 Å². The Kier molecular flexibility index (Phi) is 5.60. The van der Waals surface area contributed by atoms with Crippen molar-refractivity contribution in [3.8, 4) is 17.1 Å². The fraction of sp³-hybridized carbons (Fsp3) is 0.261. The van der Waals surface area contributed by atoms with E-state index < -0.39 is 5.41 Å². The van der Waals surface area contributed by atoms with Gasteiger partial charge in [-0.1, -0.05) is 35.9 Å². The molecule has 0 radical (unpaired) electrons. The van der Waals surface area contributed by atoms with Crippen molar-refractivity contribution < 1.29 is 13.9 Å². The molecule has 0 aliphatic carbocycles. The highest BCUT2D eigenvalue weighted by molar-refractivity contribution is 6.33. The summed E-state index contributed by atoms with van der Waals surface area (Å²) in [5, 5.41) is 6.90. The first-order chi connectivity index (χ1) is 14.1. The second kappa shape index (κ2) is 8.31. The lowest BCUT2D eigenvalue weighted by atomic mass is 9.75. The molecule has 0 unspecified atom stereocenters. The van der Waals surface area contributed by atoms with Gasteiger partial charge in [0.05, 0.1) is 24.1 Å². The molecule has 3 aromatic rings. The lowest BCUT2D eigenvalue weighted by Gasteiger charge is -2.41. The van der Waals surface area contributed by atoms with Crippen LogP contribution in [0.5, 0.6) is 5.75 Å². The standard InChI is InChI=1S/C23H23ClN2O3/c1-28-17-6-4-5-16(11-17)12-23(14-25-15-23)22(27)26-13-18-9-10-21(29-18)19-7-2-3-8-20(19)24/h2-11,25H,12-15H2,1H3,(H,26,27). The van der Waals surface area contributed by atoms with Crippen molar-refractivity contribution in [2.45, 2.75) is 13.0 Å². The number of nitrogens with one attached hydrogen (secondary N) is 2. The van der Waals surface area contributed by atoms with E-state index in [0.717, 1.165) is 16.9 Å². The van der Waals surface area contributed by atoms with Gasteiger partial charge in [-0.15, -0.1) is 0 Å². The van der Waals surface area contributed by atoms with Gasteiger partial charge in [0, 0.05) is 18.7 Å². The molecule has 1 saturated heterocycles. The van der Waals surface area contributed by atoms with E-state index in [0.29, 0.717) is 42.6 Å². The highest BCUT2D eigenvalue weighted by Gasteiger charge is 2.44. The Morgan fingerprint density at radius 3 is 2.72 bits per heavy atom. The van der Waals surface area contributed by atoms with E-state index in [9.17, 15) is 4.79 Å². The van der Waals surface area contributed by atoms with Crippen LogP contribution in [0.1, 0.15) is 11.3 Å². The van der Waals surface area contributed by atoms with Crippen LogP contribution in [0.15, 0.2) is 65.1 Å². The molecule has 4 rings (SSSR count). The van der Waals surface area contributed by atoms with Crippen molar-refractivity contribution in [3.63, 3.8) is 0 Å². The summed E-state index contributed by atoms with van der Waals surface area (Å²) in [6.45, 7) is 1.64. The Balaban J connectivity index is 1.41. The molecule has 6 heteroatoms. The van der Waals surface area contributed by atoms with Crippen LogP contribution in [0, 0.1) is 5.41 Å². The van der Waals surface area contributed by atoms with Crippen LogP contribution < -0.4 is 15.4 Å². The van der Waals surface area contributed by atoms with Crippen LogP contribution >= 0.6 is 11.6 Å². The zero-order valence-electron chi connectivity index (χ0n) is 16.2. The minimum Gasteiger partial charge on any atom is -0.497 e. The van der Waals surface area contributed by atoms with Crippen molar-refractivity contribution in [2.75, 3.05) is 20.2 Å². The molecule has 150 valence electrons. The fourth-order valence-electron chi connectivity index (χ4n) is 3.60. The van der Waals surface area contributed by atoms with Gasteiger partial charge >= 0.3 is 0 Å². The van der Waals surface area contributed by atoms with Crippen LogP contribution in [0.3, 0.4) is 0 Å². The van der Waals surface area contributed by atoms with E-state index >= 15 is 0 Å². The van der Waals surface area contributed by atoms with E-state index in [4.69, 9.17) is 20.8 Å². The zero-order chi connectivity index (χ0) is 20.3. The second-order valence-corrected chi connectivity index (χ2v) is 7.75. The maximum absolute atomic E-state index is 13.0. The number of rotatable bonds is 7. The van der Waals surface area contributed by atoms with Crippen molar-refractivity contribution in [1.29, 1.82) is 0 Å². The average Bonchev–Trinajstić information content (AvgIpc) is 3.18. The minimum absolute atomic E-state index is 0.0229. The number of carbonyl (C=O) groups excluding carboxylic acids is 1. The lowest BCUT2D eigenvalue weighted by Crippen LogP contribution is -2.62. The van der Waals surface area contributed by atoms with Crippen molar-refractivity contribution in [2.24, 2.45) is 5.41 Å². The van der Waals surface area contributed by atoms with Crippen molar-refractivity contribution in [1.82, 2.24) is 10.6 Å². The number of hydrogen-bond acceptors (Lipinski definition) is 4. The molecule has 1 amide bonds. The summed E-state index contributed by atoms with van der Waals surface area (Å²) >= 11 is 6.23. The molecule has 0 spiro atoms. The monoisotopic (exact) mass is 410 g/mol. The summed E-state index contributed by atoms with van der Waals surface area (Å²) in [7, 11) is 1.65. The van der Waals surface area contributed by atoms with Gasteiger partial charge in [0.15, 0.2) is 0 Å². The molecule has 29 heavy (non-hydrogen) atoms. The average molecular weight is 411 g/mol. The zero-order valence-corrected chi connectivity index (χ0v) is 17.0. The third kappa shape index (κ3) is 4.16. The Morgan fingerprint density at radius 2 is 2.00 bits per heavy atom. The largest absolute Gasteiger partial charge is 0.497 e. The third-order valence-corrected chi connectivity index (χ3v) is 5.64. The molecule has 1 aliphatic rings. The van der Waals surface area contributed by atoms with E-state index in [-0.39, 0.29) is 5.91 Å². The molecule has 1 fully saturated rings. The number of hydrogen-bond donors (Lipinski definition) is 2. The predicted molar refractivity (Wildman–Crippen MR) is 113 cm³/mol. The van der Waals surface area contributed by atoms with Gasteiger partial charge in [-0.2, -0.15) is 0 Å². The Hall–Kier alpha value is -2.76. The lowest BCUT2D eigenvalue weighted by molar-refractivity contribution is -0.134. The van der Waals surface area contributed by atoms with Gasteiger partial charge in [-0.25, -0.2) is 0 Å². The summed E-state index contributed by atoms with van der Waals surface area (Å²) in [5.41, 5.74) is 1.47. The first-order valence-corrected chi connectivity index (χ1v) is 9.93. The number of methoxy groups -OCH3 is 1. The Morgan fingerprint density at radius 1 is 1.17 bits per heavy atom. The fourth-order valence-corrected chi connectivity index (χ4v) is 3.83. The molecule has 0 saturated carbocycles. The van der Waals surface area contributed by atoms with Gasteiger partial charge in [-0.05, 0) is 48.4 Å². The second-order valence-electron chi connectivity index (χ2n) is 7.34. The maximum atomic E-state index is 13.0. The summed E-state index contributed by atoms with van der Waals surface area (Å²) in [5.74, 6) is 2.20. The molecule has 1 aromatic heterocycles. The first kappa shape index (κ1) is 19.6. The summed E-state index contributed by atoms with van der Waals surface area (Å²) in [6, 6.07) is 19.1. The highest BCUT2D eigenvalue weighted by atomic mass is 35.5.